The Morgan fingerprint density at radius 3 is 2.21 bits per heavy atom. The number of rotatable bonds is 6. The molecular weight excluding hydrogens is 382 g/mol. The highest BCUT2D eigenvalue weighted by Crippen LogP contribution is 2.33. The lowest BCUT2D eigenvalue weighted by Gasteiger charge is -2.37. The molecule has 0 radical (unpaired) electrons. The Morgan fingerprint density at radius 2 is 1.64 bits per heavy atom. The average Bonchev–Trinajstić information content (AvgIpc) is 2.68. The molecule has 1 saturated heterocycles. The minimum atomic E-state index is -3.51. The molecule has 2 aromatic carbocycles. The third-order valence-electron chi connectivity index (χ3n) is 4.70. The van der Waals surface area contributed by atoms with Crippen LogP contribution in [0.3, 0.4) is 0 Å². The summed E-state index contributed by atoms with van der Waals surface area (Å²) >= 11 is 0. The summed E-state index contributed by atoms with van der Waals surface area (Å²) in [6.45, 7) is 5.03. The average molecular weight is 405 g/mol. The molecule has 2 aromatic rings. The Hall–Kier alpha value is -2.81. The zero-order chi connectivity index (χ0) is 20.3. The van der Waals surface area contributed by atoms with Gasteiger partial charge in [-0.3, -0.25) is 10.1 Å². The van der Waals surface area contributed by atoms with E-state index in [0.717, 1.165) is 23.8 Å². The Bertz CT molecular complexity index is 969. The molecule has 28 heavy (non-hydrogen) atoms. The van der Waals surface area contributed by atoms with Crippen LogP contribution in [0.25, 0.3) is 0 Å². The van der Waals surface area contributed by atoms with Crippen LogP contribution in [0.4, 0.5) is 17.1 Å². The molecule has 0 aromatic heterocycles. The van der Waals surface area contributed by atoms with Crippen LogP contribution >= 0.6 is 0 Å². The first-order valence-electron chi connectivity index (χ1n) is 9.01. The van der Waals surface area contributed by atoms with Crippen molar-refractivity contribution in [3.8, 4) is 5.75 Å². The van der Waals surface area contributed by atoms with Crippen molar-refractivity contribution in [2.75, 3.05) is 48.8 Å². The number of nitrogens with zero attached hydrogens (tertiary/aromatic N) is 3. The summed E-state index contributed by atoms with van der Waals surface area (Å²) in [5, 5.41) is 11.5. The van der Waals surface area contributed by atoms with Gasteiger partial charge in [0, 0.05) is 38.5 Å². The fraction of sp³-hybridized carbons (Fsp3) is 0.368. The smallest absolute Gasteiger partial charge is 0.293 e. The molecule has 1 aliphatic heterocycles. The predicted molar refractivity (Wildman–Crippen MR) is 108 cm³/mol. The summed E-state index contributed by atoms with van der Waals surface area (Å²) < 4.78 is 29.1. The molecule has 1 heterocycles. The van der Waals surface area contributed by atoms with E-state index in [1.807, 2.05) is 36.1 Å². The van der Waals surface area contributed by atoms with Crippen LogP contribution in [-0.2, 0) is 9.84 Å². The Balaban J connectivity index is 1.81. The number of nitro groups is 1. The second kappa shape index (κ2) is 8.05. The summed E-state index contributed by atoms with van der Waals surface area (Å²) in [5.41, 5.74) is 1.26. The van der Waals surface area contributed by atoms with E-state index in [-0.39, 0.29) is 10.6 Å². The minimum Gasteiger partial charge on any atom is -0.492 e. The van der Waals surface area contributed by atoms with E-state index in [0.29, 0.717) is 38.5 Å². The highest BCUT2D eigenvalue weighted by Gasteiger charge is 2.26. The zero-order valence-electron chi connectivity index (χ0n) is 15.9. The molecule has 0 aliphatic carbocycles. The van der Waals surface area contributed by atoms with Crippen LogP contribution < -0.4 is 14.5 Å². The van der Waals surface area contributed by atoms with Crippen molar-refractivity contribution in [1.29, 1.82) is 0 Å². The first-order chi connectivity index (χ1) is 13.3. The molecule has 150 valence electrons. The number of para-hydroxylation sites is 2. The number of piperazine rings is 1. The second-order valence-electron chi connectivity index (χ2n) is 6.55. The molecule has 1 aliphatic rings. The standard InChI is InChI=1S/C19H23N3O5S/c1-3-27-19-7-5-4-6-17(19)21-12-10-20(11-13-21)16-9-8-15(28(2,25)26)14-18(16)22(23)24/h4-9,14H,3,10-13H2,1-2H3. The number of ether oxygens (including phenoxy) is 1. The number of nitro benzene ring substituents is 1. The summed E-state index contributed by atoms with van der Waals surface area (Å²) in [6, 6.07) is 11.9. The number of benzene rings is 2. The van der Waals surface area contributed by atoms with E-state index < -0.39 is 14.8 Å². The van der Waals surface area contributed by atoms with Gasteiger partial charge in [-0.2, -0.15) is 0 Å². The second-order valence-corrected chi connectivity index (χ2v) is 8.57. The molecule has 0 N–H and O–H groups in total. The Labute approximate surface area is 164 Å². The quantitative estimate of drug-likeness (QED) is 0.539. The van der Waals surface area contributed by atoms with Gasteiger partial charge in [0.25, 0.3) is 5.69 Å². The minimum absolute atomic E-state index is 0.0489. The largest absolute Gasteiger partial charge is 0.492 e. The summed E-state index contributed by atoms with van der Waals surface area (Å²) in [7, 11) is -3.51. The Kier molecular flexibility index (Phi) is 5.73. The van der Waals surface area contributed by atoms with Gasteiger partial charge in [0.15, 0.2) is 9.84 Å². The molecule has 0 unspecified atom stereocenters. The third kappa shape index (κ3) is 4.19. The maximum Gasteiger partial charge on any atom is 0.293 e. The molecule has 1 fully saturated rings. The van der Waals surface area contributed by atoms with Gasteiger partial charge in [0.05, 0.1) is 22.1 Å². The molecule has 8 nitrogen and oxygen atoms in total. The van der Waals surface area contributed by atoms with Crippen LogP contribution in [0.2, 0.25) is 0 Å². The van der Waals surface area contributed by atoms with Crippen LogP contribution in [-0.4, -0.2) is 52.4 Å². The Morgan fingerprint density at radius 1 is 1.04 bits per heavy atom. The van der Waals surface area contributed by atoms with Crippen molar-refractivity contribution in [1.82, 2.24) is 0 Å². The van der Waals surface area contributed by atoms with E-state index in [4.69, 9.17) is 4.74 Å². The van der Waals surface area contributed by atoms with Crippen molar-refractivity contribution >= 4 is 26.9 Å². The molecule has 0 bridgehead atoms. The van der Waals surface area contributed by atoms with E-state index in [1.165, 1.54) is 12.1 Å². The van der Waals surface area contributed by atoms with Gasteiger partial charge < -0.3 is 14.5 Å². The third-order valence-corrected chi connectivity index (χ3v) is 5.81. The van der Waals surface area contributed by atoms with Crippen molar-refractivity contribution < 1.29 is 18.1 Å². The van der Waals surface area contributed by atoms with Crippen molar-refractivity contribution in [2.45, 2.75) is 11.8 Å². The highest BCUT2D eigenvalue weighted by molar-refractivity contribution is 7.90. The lowest BCUT2D eigenvalue weighted by atomic mass is 10.2. The molecule has 0 saturated carbocycles. The molecule has 0 atom stereocenters. The number of anilines is 2. The lowest BCUT2D eigenvalue weighted by Crippen LogP contribution is -2.46. The van der Waals surface area contributed by atoms with Gasteiger partial charge in [0.1, 0.15) is 11.4 Å². The van der Waals surface area contributed by atoms with Gasteiger partial charge >= 0.3 is 0 Å². The highest BCUT2D eigenvalue weighted by atomic mass is 32.2. The van der Waals surface area contributed by atoms with Gasteiger partial charge in [-0.15, -0.1) is 0 Å². The van der Waals surface area contributed by atoms with Crippen molar-refractivity contribution in [3.63, 3.8) is 0 Å². The molecular formula is C19H23N3O5S. The van der Waals surface area contributed by atoms with Gasteiger partial charge in [-0.05, 0) is 31.2 Å². The van der Waals surface area contributed by atoms with Gasteiger partial charge in [-0.1, -0.05) is 12.1 Å². The first kappa shape index (κ1) is 19.9. The summed E-state index contributed by atoms with van der Waals surface area (Å²) in [4.78, 5) is 15.0. The number of hydrogen-bond donors (Lipinski definition) is 0. The SMILES string of the molecule is CCOc1ccccc1N1CCN(c2ccc(S(C)(=O)=O)cc2[N+](=O)[O-])CC1. The molecule has 0 amide bonds. The monoisotopic (exact) mass is 405 g/mol. The topological polar surface area (TPSA) is 93.0 Å². The summed E-state index contributed by atoms with van der Waals surface area (Å²) in [6.07, 6.45) is 1.04. The van der Waals surface area contributed by atoms with Gasteiger partial charge in [-0.25, -0.2) is 8.42 Å². The maximum absolute atomic E-state index is 11.7. The fourth-order valence-electron chi connectivity index (χ4n) is 3.33. The molecule has 0 spiro atoms. The maximum atomic E-state index is 11.7. The zero-order valence-corrected chi connectivity index (χ0v) is 16.7. The van der Waals surface area contributed by atoms with E-state index in [9.17, 15) is 18.5 Å². The normalized spacial score (nSPS) is 14.8. The summed E-state index contributed by atoms with van der Waals surface area (Å²) in [5.74, 6) is 0.821. The number of sulfone groups is 1. The van der Waals surface area contributed by atoms with E-state index in [2.05, 4.69) is 4.90 Å². The predicted octanol–water partition coefficient (Wildman–Crippen LogP) is 2.72. The molecule has 3 rings (SSSR count). The first-order valence-corrected chi connectivity index (χ1v) is 10.9. The number of hydrogen-bond acceptors (Lipinski definition) is 7. The van der Waals surface area contributed by atoms with Crippen LogP contribution in [0.5, 0.6) is 5.75 Å². The lowest BCUT2D eigenvalue weighted by molar-refractivity contribution is -0.384. The van der Waals surface area contributed by atoms with Crippen LogP contribution in [0.15, 0.2) is 47.4 Å². The molecule has 9 heteroatoms. The van der Waals surface area contributed by atoms with Crippen molar-refractivity contribution in [3.05, 3.63) is 52.6 Å². The van der Waals surface area contributed by atoms with Crippen LogP contribution in [0.1, 0.15) is 6.92 Å². The van der Waals surface area contributed by atoms with E-state index in [1.54, 1.807) is 0 Å². The van der Waals surface area contributed by atoms with Gasteiger partial charge in [0.2, 0.25) is 0 Å². The van der Waals surface area contributed by atoms with E-state index >= 15 is 0 Å². The van der Waals surface area contributed by atoms with Crippen molar-refractivity contribution in [2.24, 2.45) is 0 Å². The van der Waals surface area contributed by atoms with Crippen LogP contribution in [0, 0.1) is 10.1 Å². The fourth-order valence-corrected chi connectivity index (χ4v) is 3.97.